The van der Waals surface area contributed by atoms with Crippen molar-refractivity contribution in [2.75, 3.05) is 31.4 Å². The predicted octanol–water partition coefficient (Wildman–Crippen LogP) is 0.280. The molecule has 1 saturated heterocycles. The second-order valence-electron chi connectivity index (χ2n) is 5.49. The van der Waals surface area contributed by atoms with Crippen molar-refractivity contribution in [2.45, 2.75) is 25.3 Å². The fourth-order valence-electron chi connectivity index (χ4n) is 3.07. The van der Waals surface area contributed by atoms with Crippen LogP contribution in [0.25, 0.3) is 0 Å². The quantitative estimate of drug-likeness (QED) is 0.808. The van der Waals surface area contributed by atoms with Gasteiger partial charge < -0.3 is 4.90 Å². The van der Waals surface area contributed by atoms with Gasteiger partial charge in [0.15, 0.2) is 0 Å². The first kappa shape index (κ1) is 14.1. The fourth-order valence-corrected chi connectivity index (χ4v) is 4.27. The van der Waals surface area contributed by atoms with Gasteiger partial charge in [0.2, 0.25) is 15.9 Å². The monoisotopic (exact) mass is 292 g/mol. The molecule has 0 aromatic heterocycles. The summed E-state index contributed by atoms with van der Waals surface area (Å²) in [4.78, 5) is 13.7. The molecule has 1 aliphatic carbocycles. The number of sulfonamides is 1. The van der Waals surface area contributed by atoms with Crippen molar-refractivity contribution < 1.29 is 13.2 Å². The van der Waals surface area contributed by atoms with E-state index in [9.17, 15) is 13.2 Å². The minimum Gasteiger partial charge on any atom is -0.341 e. The van der Waals surface area contributed by atoms with Crippen molar-refractivity contribution in [3.63, 3.8) is 0 Å². The van der Waals surface area contributed by atoms with E-state index < -0.39 is 10.0 Å². The van der Waals surface area contributed by atoms with Crippen molar-refractivity contribution >= 4 is 27.7 Å². The lowest BCUT2D eigenvalue weighted by atomic mass is 9.65. The van der Waals surface area contributed by atoms with E-state index in [-0.39, 0.29) is 17.4 Å². The van der Waals surface area contributed by atoms with Gasteiger partial charge >= 0.3 is 0 Å². The highest BCUT2D eigenvalue weighted by molar-refractivity contribution is 7.99. The van der Waals surface area contributed by atoms with Gasteiger partial charge in [-0.1, -0.05) is 0 Å². The molecule has 0 aromatic rings. The van der Waals surface area contributed by atoms with Gasteiger partial charge in [0.05, 0.1) is 12.0 Å². The molecule has 0 aromatic carbocycles. The summed E-state index contributed by atoms with van der Waals surface area (Å²) in [5, 5.41) is 0. The highest BCUT2D eigenvalue weighted by Crippen LogP contribution is 2.48. The van der Waals surface area contributed by atoms with E-state index in [4.69, 9.17) is 0 Å². The number of thioether (sulfide) groups is 1. The van der Waals surface area contributed by atoms with E-state index in [1.165, 1.54) is 6.26 Å². The third-order valence-corrected chi connectivity index (χ3v) is 5.10. The number of carbonyl (C=O) groups is 1. The molecule has 0 radical (unpaired) electrons. The lowest BCUT2D eigenvalue weighted by molar-refractivity contribution is -0.128. The first-order valence-electron chi connectivity index (χ1n) is 6.08. The van der Waals surface area contributed by atoms with Gasteiger partial charge in [-0.3, -0.25) is 4.79 Å². The van der Waals surface area contributed by atoms with Crippen LogP contribution in [0.3, 0.4) is 0 Å². The molecule has 5 nitrogen and oxygen atoms in total. The van der Waals surface area contributed by atoms with Crippen LogP contribution in [0.15, 0.2) is 0 Å². The average molecular weight is 292 g/mol. The summed E-state index contributed by atoms with van der Waals surface area (Å²) in [5.41, 5.74) is 0.177. The van der Waals surface area contributed by atoms with E-state index in [0.717, 1.165) is 32.4 Å². The van der Waals surface area contributed by atoms with E-state index >= 15 is 0 Å². The zero-order chi connectivity index (χ0) is 13.4. The molecule has 1 N–H and O–H groups in total. The van der Waals surface area contributed by atoms with Crippen molar-refractivity contribution in [1.29, 1.82) is 0 Å². The Morgan fingerprint density at radius 1 is 1.50 bits per heavy atom. The summed E-state index contributed by atoms with van der Waals surface area (Å²) in [6.07, 6.45) is 5.86. The Balaban J connectivity index is 1.82. The van der Waals surface area contributed by atoms with Crippen LogP contribution in [0.4, 0.5) is 0 Å². The molecule has 1 amide bonds. The Kier molecular flexibility index (Phi) is 3.94. The summed E-state index contributed by atoms with van der Waals surface area (Å²) in [5.74, 6) is 0.750. The maximum Gasteiger partial charge on any atom is 0.232 e. The maximum atomic E-state index is 11.8. The standard InChI is InChI=1S/C11H20N2O3S2/c1-17-7-10(14)13-4-3-11(8-13)5-9(6-11)12-18(2,15)16/h9,12H,3-8H2,1-2H3. The molecule has 0 unspecified atom stereocenters. The lowest BCUT2D eigenvalue weighted by Crippen LogP contribution is -2.51. The molecular weight excluding hydrogens is 272 g/mol. The SMILES string of the molecule is CSCC(=O)N1CCC2(CC(NS(C)(=O)=O)C2)C1. The average Bonchev–Trinajstić information content (AvgIpc) is 2.60. The Labute approximate surface area is 113 Å². The normalized spacial score (nSPS) is 31.7. The van der Waals surface area contributed by atoms with Gasteiger partial charge in [0.1, 0.15) is 0 Å². The molecule has 0 atom stereocenters. The zero-order valence-electron chi connectivity index (χ0n) is 10.8. The van der Waals surface area contributed by atoms with Crippen LogP contribution >= 0.6 is 11.8 Å². The van der Waals surface area contributed by atoms with Crippen molar-refractivity contribution in [1.82, 2.24) is 9.62 Å². The highest BCUT2D eigenvalue weighted by Gasteiger charge is 2.49. The predicted molar refractivity (Wildman–Crippen MR) is 73.0 cm³/mol. The largest absolute Gasteiger partial charge is 0.341 e. The number of rotatable bonds is 4. The molecule has 1 spiro atoms. The zero-order valence-corrected chi connectivity index (χ0v) is 12.4. The third-order valence-electron chi connectivity index (χ3n) is 3.80. The Bertz CT molecular complexity index is 430. The fraction of sp³-hybridized carbons (Fsp3) is 0.909. The first-order chi connectivity index (χ1) is 8.34. The Morgan fingerprint density at radius 3 is 2.72 bits per heavy atom. The van der Waals surface area contributed by atoms with Crippen LogP contribution in [-0.2, 0) is 14.8 Å². The van der Waals surface area contributed by atoms with Crippen LogP contribution in [0, 0.1) is 5.41 Å². The highest BCUT2D eigenvalue weighted by atomic mass is 32.2. The van der Waals surface area contributed by atoms with Crippen LogP contribution in [0.2, 0.25) is 0 Å². The van der Waals surface area contributed by atoms with Crippen molar-refractivity contribution in [3.8, 4) is 0 Å². The summed E-state index contributed by atoms with van der Waals surface area (Å²) in [6.45, 7) is 1.62. The number of likely N-dealkylation sites (tertiary alicyclic amines) is 1. The summed E-state index contributed by atoms with van der Waals surface area (Å²) < 4.78 is 24.9. The second kappa shape index (κ2) is 5.02. The minimum absolute atomic E-state index is 0.0654. The van der Waals surface area contributed by atoms with Gasteiger partial charge in [0.25, 0.3) is 0 Å². The summed E-state index contributed by atoms with van der Waals surface area (Å²) >= 11 is 1.55. The molecule has 18 heavy (non-hydrogen) atoms. The number of nitrogens with zero attached hydrogens (tertiary/aromatic N) is 1. The van der Waals surface area contributed by atoms with Crippen LogP contribution < -0.4 is 4.72 Å². The summed E-state index contributed by atoms with van der Waals surface area (Å²) in [7, 11) is -3.10. The molecule has 2 rings (SSSR count). The molecule has 104 valence electrons. The number of carbonyl (C=O) groups excluding carboxylic acids is 1. The number of amides is 1. The lowest BCUT2D eigenvalue weighted by Gasteiger charge is -2.45. The minimum atomic E-state index is -3.10. The van der Waals surface area contributed by atoms with Crippen LogP contribution in [0.1, 0.15) is 19.3 Å². The molecule has 1 heterocycles. The van der Waals surface area contributed by atoms with Gasteiger partial charge in [-0.25, -0.2) is 13.1 Å². The molecule has 0 bridgehead atoms. The topological polar surface area (TPSA) is 66.5 Å². The summed E-state index contributed by atoms with van der Waals surface area (Å²) in [6, 6.07) is 0.0654. The molecule has 2 fully saturated rings. The first-order valence-corrected chi connectivity index (χ1v) is 9.36. The molecular formula is C11H20N2O3S2. The second-order valence-corrected chi connectivity index (χ2v) is 8.14. The van der Waals surface area contributed by atoms with Crippen LogP contribution in [0.5, 0.6) is 0 Å². The van der Waals surface area contributed by atoms with Gasteiger partial charge in [-0.15, -0.1) is 0 Å². The molecule has 2 aliphatic rings. The van der Waals surface area contributed by atoms with Gasteiger partial charge in [-0.2, -0.15) is 11.8 Å². The number of nitrogens with one attached hydrogen (secondary N) is 1. The van der Waals surface area contributed by atoms with Gasteiger partial charge in [0, 0.05) is 19.1 Å². The van der Waals surface area contributed by atoms with E-state index in [1.807, 2.05) is 11.2 Å². The molecule has 1 saturated carbocycles. The number of hydrogen-bond donors (Lipinski definition) is 1. The van der Waals surface area contributed by atoms with Crippen molar-refractivity contribution in [3.05, 3.63) is 0 Å². The Morgan fingerprint density at radius 2 is 2.17 bits per heavy atom. The number of hydrogen-bond acceptors (Lipinski definition) is 4. The smallest absolute Gasteiger partial charge is 0.232 e. The Hall–Kier alpha value is -0.270. The third kappa shape index (κ3) is 3.19. The van der Waals surface area contributed by atoms with E-state index in [0.29, 0.717) is 5.75 Å². The maximum absolute atomic E-state index is 11.8. The van der Waals surface area contributed by atoms with E-state index in [2.05, 4.69) is 4.72 Å². The van der Waals surface area contributed by atoms with Crippen LogP contribution in [-0.4, -0.2) is 56.6 Å². The molecule has 1 aliphatic heterocycles. The molecule has 7 heteroatoms. The van der Waals surface area contributed by atoms with Crippen molar-refractivity contribution in [2.24, 2.45) is 5.41 Å². The van der Waals surface area contributed by atoms with E-state index in [1.54, 1.807) is 11.8 Å². The van der Waals surface area contributed by atoms with Gasteiger partial charge in [-0.05, 0) is 30.9 Å².